The fraction of sp³-hybridized carbons (Fsp3) is 0.885. The van der Waals surface area contributed by atoms with Crippen molar-refractivity contribution >= 4 is 17.9 Å². The second-order valence-electron chi connectivity index (χ2n) is 12.6. The van der Waals surface area contributed by atoms with Gasteiger partial charge in [-0.25, -0.2) is 14.4 Å². The number of nitrogens with zero attached hydrogens (tertiary/aromatic N) is 3. The highest BCUT2D eigenvalue weighted by Gasteiger charge is 2.36. The number of carboxylic acid groups (broad SMARTS) is 3. The average Bonchev–Trinajstić information content (AvgIpc) is 2.73. The third-order valence-corrected chi connectivity index (χ3v) is 5.52. The van der Waals surface area contributed by atoms with Gasteiger partial charge in [0, 0.05) is 52.4 Å². The van der Waals surface area contributed by atoms with E-state index in [0.29, 0.717) is 26.2 Å². The fourth-order valence-electron chi connectivity index (χ4n) is 3.97. The highest BCUT2D eigenvalue weighted by Crippen LogP contribution is 2.19. The van der Waals surface area contributed by atoms with E-state index in [4.69, 9.17) is 14.2 Å². The van der Waals surface area contributed by atoms with Crippen LogP contribution >= 0.6 is 0 Å². The highest BCUT2D eigenvalue weighted by atomic mass is 16.6. The van der Waals surface area contributed by atoms with Crippen molar-refractivity contribution in [1.82, 2.24) is 20.0 Å². The highest BCUT2D eigenvalue weighted by molar-refractivity contribution is 5.72. The predicted octanol–water partition coefficient (Wildman–Crippen LogP) is 1.17. The average molecular weight is 563 g/mol. The molecule has 1 fully saturated rings. The Morgan fingerprint density at radius 3 is 0.974 bits per heavy atom. The lowest BCUT2D eigenvalue weighted by atomic mass is 10.2. The molecule has 1 aliphatic heterocycles. The summed E-state index contributed by atoms with van der Waals surface area (Å²) in [5.74, 6) is -3.48. The van der Waals surface area contributed by atoms with Gasteiger partial charge in [0.2, 0.25) is 18.7 Å². The summed E-state index contributed by atoms with van der Waals surface area (Å²) in [7, 11) is 0. The number of hydrogen-bond acceptors (Lipinski definition) is 10. The maximum absolute atomic E-state index is 12.3. The first-order valence-corrected chi connectivity index (χ1v) is 13.3. The normalized spacial score (nSPS) is 20.8. The number of aliphatic carboxylic acids is 3. The Morgan fingerprint density at radius 1 is 0.538 bits per heavy atom. The zero-order valence-electron chi connectivity index (χ0n) is 25.0. The van der Waals surface area contributed by atoms with E-state index in [-0.39, 0.29) is 26.2 Å². The summed E-state index contributed by atoms with van der Waals surface area (Å²) in [5, 5.41) is 33.2. The molecule has 0 amide bonds. The minimum atomic E-state index is -1.34. The Kier molecular flexibility index (Phi) is 13.2. The molecule has 0 aliphatic carbocycles. The van der Waals surface area contributed by atoms with Crippen LogP contribution in [0.25, 0.3) is 0 Å². The number of ether oxygens (including phenoxy) is 3. The first kappa shape index (κ1) is 35.2. The summed E-state index contributed by atoms with van der Waals surface area (Å²) in [6.07, 6.45) is -3.82. The van der Waals surface area contributed by atoms with Crippen LogP contribution in [0.1, 0.15) is 62.3 Å². The number of nitrogens with one attached hydrogen (secondary N) is 1. The second kappa shape index (κ2) is 14.7. The van der Waals surface area contributed by atoms with Crippen LogP contribution in [0.15, 0.2) is 0 Å². The van der Waals surface area contributed by atoms with Crippen molar-refractivity contribution in [2.75, 3.05) is 52.4 Å². The van der Waals surface area contributed by atoms with Crippen LogP contribution in [0.5, 0.6) is 0 Å². The molecule has 3 atom stereocenters. The van der Waals surface area contributed by atoms with Gasteiger partial charge in [0.15, 0.2) is 0 Å². The van der Waals surface area contributed by atoms with Gasteiger partial charge in [-0.15, -0.1) is 0 Å². The molecular formula is C26H50N4O9. The van der Waals surface area contributed by atoms with Crippen molar-refractivity contribution in [3.05, 3.63) is 0 Å². The molecule has 4 N–H and O–H groups in total. The quantitative estimate of drug-likeness (QED) is 0.317. The van der Waals surface area contributed by atoms with Gasteiger partial charge in [0.05, 0.1) is 16.8 Å². The van der Waals surface area contributed by atoms with Gasteiger partial charge in [-0.3, -0.25) is 14.7 Å². The number of rotatable bonds is 9. The topological polar surface area (TPSA) is 161 Å². The molecule has 39 heavy (non-hydrogen) atoms. The van der Waals surface area contributed by atoms with E-state index < -0.39 is 53.4 Å². The minimum absolute atomic E-state index is 0.135. The zero-order chi connectivity index (χ0) is 30.2. The van der Waals surface area contributed by atoms with Crippen molar-refractivity contribution < 1.29 is 43.9 Å². The SMILES string of the molecule is CC(C)(C)OC(C(=O)O)N1CCNCCN(C(OC(C)(C)C)C(=O)O)CCN(C(OC(C)(C)C)C(=O)O)CC1. The van der Waals surface area contributed by atoms with Crippen LogP contribution < -0.4 is 5.32 Å². The summed E-state index contributed by atoms with van der Waals surface area (Å²) >= 11 is 0. The van der Waals surface area contributed by atoms with E-state index in [0.717, 1.165) is 0 Å². The third kappa shape index (κ3) is 13.8. The van der Waals surface area contributed by atoms with E-state index in [2.05, 4.69) is 5.32 Å². The molecular weight excluding hydrogens is 512 g/mol. The van der Waals surface area contributed by atoms with Crippen LogP contribution in [0, 0.1) is 0 Å². The standard InChI is InChI=1S/C26H50N4O9/c1-24(2,3)37-18(21(31)32)28-12-10-27-11-13-29(19(22(33)34)38-25(4,5)6)15-17-30(16-14-28)20(23(35)36)39-26(7,8)9/h18-20,27H,10-17H2,1-9H3,(H,31,32)(H,33,34)(H,35,36). The molecule has 0 saturated carbocycles. The van der Waals surface area contributed by atoms with Crippen molar-refractivity contribution in [1.29, 1.82) is 0 Å². The number of carbonyl (C=O) groups is 3. The monoisotopic (exact) mass is 562 g/mol. The van der Waals surface area contributed by atoms with E-state index in [1.165, 1.54) is 0 Å². The summed E-state index contributed by atoms with van der Waals surface area (Å²) in [5.41, 5.74) is -2.23. The first-order valence-electron chi connectivity index (χ1n) is 13.3. The Morgan fingerprint density at radius 2 is 0.769 bits per heavy atom. The molecule has 1 rings (SSSR count). The summed E-state index contributed by atoms with van der Waals surface area (Å²) in [6, 6.07) is 0. The smallest absolute Gasteiger partial charge is 0.348 e. The van der Waals surface area contributed by atoms with Gasteiger partial charge in [0.1, 0.15) is 0 Å². The molecule has 1 saturated heterocycles. The van der Waals surface area contributed by atoms with Gasteiger partial charge in [-0.05, 0) is 62.3 Å². The van der Waals surface area contributed by atoms with Crippen molar-refractivity contribution in [2.45, 2.75) is 97.8 Å². The first-order chi connectivity index (χ1) is 17.7. The molecule has 0 bridgehead atoms. The minimum Gasteiger partial charge on any atom is -0.478 e. The van der Waals surface area contributed by atoms with E-state index in [1.807, 2.05) is 0 Å². The van der Waals surface area contributed by atoms with Gasteiger partial charge in [-0.2, -0.15) is 0 Å². The molecule has 0 radical (unpaired) electrons. The fourth-order valence-corrected chi connectivity index (χ4v) is 3.97. The summed E-state index contributed by atoms with van der Waals surface area (Å²) < 4.78 is 17.6. The van der Waals surface area contributed by atoms with Crippen molar-refractivity contribution in [3.63, 3.8) is 0 Å². The van der Waals surface area contributed by atoms with Crippen LogP contribution in [0.2, 0.25) is 0 Å². The second-order valence-corrected chi connectivity index (χ2v) is 12.6. The molecule has 0 aromatic rings. The van der Waals surface area contributed by atoms with Crippen LogP contribution in [0.3, 0.4) is 0 Å². The van der Waals surface area contributed by atoms with E-state index >= 15 is 0 Å². The molecule has 13 nitrogen and oxygen atoms in total. The van der Waals surface area contributed by atoms with Gasteiger partial charge in [0.25, 0.3) is 0 Å². The Balaban J connectivity index is 3.37. The van der Waals surface area contributed by atoms with Crippen LogP contribution in [-0.4, -0.2) is 136 Å². The van der Waals surface area contributed by atoms with Gasteiger partial charge >= 0.3 is 17.9 Å². The molecule has 0 aromatic heterocycles. The molecule has 0 aromatic carbocycles. The van der Waals surface area contributed by atoms with Gasteiger partial charge < -0.3 is 34.8 Å². The van der Waals surface area contributed by atoms with Crippen LogP contribution in [-0.2, 0) is 28.6 Å². The maximum atomic E-state index is 12.3. The molecule has 13 heteroatoms. The zero-order valence-corrected chi connectivity index (χ0v) is 25.0. The van der Waals surface area contributed by atoms with E-state index in [9.17, 15) is 29.7 Å². The third-order valence-electron chi connectivity index (χ3n) is 5.52. The summed E-state index contributed by atoms with van der Waals surface area (Å²) in [4.78, 5) is 41.6. The molecule has 1 aliphatic rings. The Hall–Kier alpha value is -1.87. The molecule has 0 spiro atoms. The lowest BCUT2D eigenvalue weighted by molar-refractivity contribution is -0.193. The Labute approximate surface area is 232 Å². The van der Waals surface area contributed by atoms with Crippen molar-refractivity contribution in [2.24, 2.45) is 0 Å². The largest absolute Gasteiger partial charge is 0.478 e. The van der Waals surface area contributed by atoms with Gasteiger partial charge in [-0.1, -0.05) is 0 Å². The Bertz CT molecular complexity index is 757. The number of hydrogen-bond donors (Lipinski definition) is 4. The molecule has 228 valence electrons. The molecule has 3 unspecified atom stereocenters. The summed E-state index contributed by atoms with van der Waals surface area (Å²) in [6.45, 7) is 17.9. The maximum Gasteiger partial charge on any atom is 0.348 e. The lowest BCUT2D eigenvalue weighted by Crippen LogP contribution is -2.57. The van der Waals surface area contributed by atoms with Crippen molar-refractivity contribution in [3.8, 4) is 0 Å². The number of carboxylic acids is 3. The predicted molar refractivity (Wildman–Crippen MR) is 144 cm³/mol. The van der Waals surface area contributed by atoms with E-state index in [1.54, 1.807) is 77.0 Å². The lowest BCUT2D eigenvalue weighted by Gasteiger charge is -2.39. The molecule has 1 heterocycles. The van der Waals surface area contributed by atoms with Crippen LogP contribution in [0.4, 0.5) is 0 Å².